The van der Waals surface area contributed by atoms with Gasteiger partial charge in [0.1, 0.15) is 0 Å². The Bertz CT molecular complexity index is 332. The highest BCUT2D eigenvalue weighted by molar-refractivity contribution is 5.25. The summed E-state index contributed by atoms with van der Waals surface area (Å²) in [5.74, 6) is 1.35. The summed E-state index contributed by atoms with van der Waals surface area (Å²) in [4.78, 5) is 6.39. The Morgan fingerprint density at radius 1 is 1.15 bits per heavy atom. The standard InChI is InChI=1S/C11H13N2/c1-9(11-5-3-7-13-11)8-10-4-2-6-12-10/h2-7,12-13H,8H2,1H3. The highest BCUT2D eigenvalue weighted by Crippen LogP contribution is 2.16. The fourth-order valence-electron chi connectivity index (χ4n) is 1.45. The van der Waals surface area contributed by atoms with E-state index in [4.69, 9.17) is 0 Å². The van der Waals surface area contributed by atoms with E-state index in [2.05, 4.69) is 29.0 Å². The van der Waals surface area contributed by atoms with Crippen LogP contribution >= 0.6 is 0 Å². The number of aromatic amines is 2. The number of hydrogen-bond acceptors (Lipinski definition) is 0. The van der Waals surface area contributed by atoms with Gasteiger partial charge in [-0.25, -0.2) is 0 Å². The van der Waals surface area contributed by atoms with Crippen LogP contribution in [0.3, 0.4) is 0 Å². The molecule has 2 heteroatoms. The molecule has 0 aliphatic heterocycles. The Morgan fingerprint density at radius 2 is 1.92 bits per heavy atom. The Balaban J connectivity index is 2.04. The molecule has 2 aromatic rings. The van der Waals surface area contributed by atoms with Crippen LogP contribution in [0.25, 0.3) is 0 Å². The molecule has 67 valence electrons. The normalized spacial score (nSPS) is 10.9. The smallest absolute Gasteiger partial charge is 0.0242 e. The van der Waals surface area contributed by atoms with E-state index in [0.717, 1.165) is 6.42 Å². The van der Waals surface area contributed by atoms with E-state index in [9.17, 15) is 0 Å². The fraction of sp³-hybridized carbons (Fsp3) is 0.182. The van der Waals surface area contributed by atoms with Gasteiger partial charge >= 0.3 is 0 Å². The van der Waals surface area contributed by atoms with Crippen molar-refractivity contribution >= 4 is 0 Å². The molecular weight excluding hydrogens is 160 g/mol. The molecule has 1 radical (unpaired) electrons. The number of H-pyrrole nitrogens is 2. The van der Waals surface area contributed by atoms with Crippen LogP contribution in [0.2, 0.25) is 0 Å². The van der Waals surface area contributed by atoms with E-state index in [-0.39, 0.29) is 0 Å². The topological polar surface area (TPSA) is 31.6 Å². The van der Waals surface area contributed by atoms with E-state index in [1.807, 2.05) is 24.5 Å². The average molecular weight is 173 g/mol. The van der Waals surface area contributed by atoms with E-state index < -0.39 is 0 Å². The molecule has 0 amide bonds. The van der Waals surface area contributed by atoms with Gasteiger partial charge in [-0.15, -0.1) is 0 Å². The van der Waals surface area contributed by atoms with E-state index in [0.29, 0.717) is 0 Å². The van der Waals surface area contributed by atoms with Crippen LogP contribution in [0.15, 0.2) is 36.7 Å². The summed E-state index contributed by atoms with van der Waals surface area (Å²) >= 11 is 0. The second kappa shape index (κ2) is 3.52. The molecule has 2 heterocycles. The molecule has 13 heavy (non-hydrogen) atoms. The second-order valence-corrected chi connectivity index (χ2v) is 3.24. The molecular formula is C11H13N2. The lowest BCUT2D eigenvalue weighted by atomic mass is 10.0. The first-order chi connectivity index (χ1) is 6.36. The second-order valence-electron chi connectivity index (χ2n) is 3.24. The maximum Gasteiger partial charge on any atom is 0.0242 e. The summed E-state index contributed by atoms with van der Waals surface area (Å²) in [6.45, 7) is 2.15. The zero-order valence-electron chi connectivity index (χ0n) is 7.67. The van der Waals surface area contributed by atoms with Crippen molar-refractivity contribution in [2.24, 2.45) is 0 Å². The minimum Gasteiger partial charge on any atom is -0.365 e. The summed E-state index contributed by atoms with van der Waals surface area (Å²) < 4.78 is 0. The number of hydrogen-bond donors (Lipinski definition) is 2. The molecule has 0 spiro atoms. The minimum atomic E-state index is 0.980. The largest absolute Gasteiger partial charge is 0.365 e. The van der Waals surface area contributed by atoms with Crippen LogP contribution < -0.4 is 0 Å². The van der Waals surface area contributed by atoms with Crippen molar-refractivity contribution < 1.29 is 0 Å². The summed E-state index contributed by atoms with van der Waals surface area (Å²) in [5.41, 5.74) is 2.47. The van der Waals surface area contributed by atoms with Crippen molar-refractivity contribution in [3.8, 4) is 0 Å². The van der Waals surface area contributed by atoms with Crippen molar-refractivity contribution in [3.63, 3.8) is 0 Å². The molecule has 0 unspecified atom stereocenters. The summed E-state index contributed by atoms with van der Waals surface area (Å²) in [6, 6.07) is 8.25. The monoisotopic (exact) mass is 173 g/mol. The summed E-state index contributed by atoms with van der Waals surface area (Å²) in [7, 11) is 0. The lowest BCUT2D eigenvalue weighted by Gasteiger charge is -2.06. The predicted octanol–water partition coefficient (Wildman–Crippen LogP) is 2.53. The van der Waals surface area contributed by atoms with Gasteiger partial charge in [-0.1, -0.05) is 6.92 Å². The predicted molar refractivity (Wildman–Crippen MR) is 53.3 cm³/mol. The molecule has 2 rings (SSSR count). The lowest BCUT2D eigenvalue weighted by Crippen LogP contribution is -1.99. The molecule has 2 aromatic heterocycles. The van der Waals surface area contributed by atoms with Crippen molar-refractivity contribution in [1.82, 2.24) is 9.97 Å². The van der Waals surface area contributed by atoms with Crippen LogP contribution in [0.4, 0.5) is 0 Å². The van der Waals surface area contributed by atoms with Crippen LogP contribution in [0.1, 0.15) is 18.3 Å². The maximum absolute atomic E-state index is 3.20. The van der Waals surface area contributed by atoms with Crippen molar-refractivity contribution in [2.45, 2.75) is 13.3 Å². The zero-order chi connectivity index (χ0) is 9.10. The number of aromatic nitrogens is 2. The molecule has 2 nitrogen and oxygen atoms in total. The number of nitrogens with one attached hydrogen (secondary N) is 2. The highest BCUT2D eigenvalue weighted by Gasteiger charge is 2.07. The van der Waals surface area contributed by atoms with E-state index in [1.54, 1.807) is 0 Å². The molecule has 0 aromatic carbocycles. The third-order valence-electron chi connectivity index (χ3n) is 2.18. The Morgan fingerprint density at radius 3 is 2.54 bits per heavy atom. The minimum absolute atomic E-state index is 0.980. The first kappa shape index (κ1) is 8.17. The van der Waals surface area contributed by atoms with Gasteiger partial charge in [0.15, 0.2) is 0 Å². The van der Waals surface area contributed by atoms with Crippen LogP contribution in [0, 0.1) is 5.92 Å². The molecule has 0 saturated carbocycles. The molecule has 0 atom stereocenters. The molecule has 0 aliphatic rings. The quantitative estimate of drug-likeness (QED) is 0.714. The van der Waals surface area contributed by atoms with Crippen LogP contribution in [-0.2, 0) is 6.42 Å². The summed E-state index contributed by atoms with van der Waals surface area (Å²) in [6.07, 6.45) is 4.89. The lowest BCUT2D eigenvalue weighted by molar-refractivity contribution is 0.933. The van der Waals surface area contributed by atoms with Crippen LogP contribution in [-0.4, -0.2) is 9.97 Å². The number of rotatable bonds is 3. The van der Waals surface area contributed by atoms with Gasteiger partial charge in [-0.3, -0.25) is 0 Å². The Labute approximate surface area is 78.0 Å². The van der Waals surface area contributed by atoms with Crippen molar-refractivity contribution in [1.29, 1.82) is 0 Å². The third-order valence-corrected chi connectivity index (χ3v) is 2.18. The molecule has 0 saturated heterocycles. The first-order valence-corrected chi connectivity index (χ1v) is 4.45. The summed E-state index contributed by atoms with van der Waals surface area (Å²) in [5, 5.41) is 0. The van der Waals surface area contributed by atoms with Gasteiger partial charge in [-0.2, -0.15) is 0 Å². The van der Waals surface area contributed by atoms with Gasteiger partial charge in [-0.05, 0) is 30.7 Å². The van der Waals surface area contributed by atoms with E-state index in [1.165, 1.54) is 17.3 Å². The van der Waals surface area contributed by atoms with E-state index >= 15 is 0 Å². The molecule has 0 aliphatic carbocycles. The van der Waals surface area contributed by atoms with Gasteiger partial charge in [0, 0.05) is 29.7 Å². The van der Waals surface area contributed by atoms with Gasteiger partial charge < -0.3 is 9.97 Å². The average Bonchev–Trinajstić information content (AvgIpc) is 2.74. The van der Waals surface area contributed by atoms with Crippen LogP contribution in [0.5, 0.6) is 0 Å². The zero-order valence-corrected chi connectivity index (χ0v) is 7.67. The molecule has 0 fully saturated rings. The first-order valence-electron chi connectivity index (χ1n) is 4.45. The van der Waals surface area contributed by atoms with Gasteiger partial charge in [0.05, 0.1) is 0 Å². The fourth-order valence-corrected chi connectivity index (χ4v) is 1.45. The highest BCUT2D eigenvalue weighted by atomic mass is 14.7. The van der Waals surface area contributed by atoms with Crippen molar-refractivity contribution in [3.05, 3.63) is 54.0 Å². The Hall–Kier alpha value is -1.44. The molecule has 0 bridgehead atoms. The van der Waals surface area contributed by atoms with Gasteiger partial charge in [0.25, 0.3) is 0 Å². The van der Waals surface area contributed by atoms with Crippen molar-refractivity contribution in [2.75, 3.05) is 0 Å². The third kappa shape index (κ3) is 1.83. The SMILES string of the molecule is C[C](Cc1ccc[nH]1)c1ccc[nH]1. The van der Waals surface area contributed by atoms with Gasteiger partial charge in [0.2, 0.25) is 0 Å². The molecule has 2 N–H and O–H groups in total. The Kier molecular flexibility index (Phi) is 2.21. The maximum atomic E-state index is 3.20.